The minimum atomic E-state index is -3.31. The van der Waals surface area contributed by atoms with Crippen LogP contribution in [0.15, 0.2) is 0 Å². The van der Waals surface area contributed by atoms with E-state index in [1.165, 1.54) is 4.31 Å². The molecule has 1 aliphatic rings. The van der Waals surface area contributed by atoms with Crippen LogP contribution in [0.5, 0.6) is 0 Å². The molecule has 1 amide bonds. The van der Waals surface area contributed by atoms with E-state index in [4.69, 9.17) is 4.74 Å². The molecule has 0 aromatic heterocycles. The Morgan fingerprint density at radius 2 is 2.05 bits per heavy atom. The van der Waals surface area contributed by atoms with Gasteiger partial charge in [-0.05, 0) is 27.2 Å². The number of nitrogens with one attached hydrogen (secondary N) is 1. The molecule has 1 aliphatic heterocycles. The monoisotopic (exact) mass is 294 g/mol. The van der Waals surface area contributed by atoms with E-state index in [1.807, 2.05) is 0 Å². The Balaban J connectivity index is 2.48. The van der Waals surface area contributed by atoms with Crippen molar-refractivity contribution in [2.75, 3.05) is 25.9 Å². The van der Waals surface area contributed by atoms with Crippen molar-refractivity contribution in [3.63, 3.8) is 0 Å². The van der Waals surface area contributed by atoms with Crippen LogP contribution in [-0.2, 0) is 14.8 Å². The average Bonchev–Trinajstić information content (AvgIpc) is 2.56. The lowest BCUT2D eigenvalue weighted by molar-refractivity contribution is 0.0318. The van der Waals surface area contributed by atoms with Gasteiger partial charge in [-0.25, -0.2) is 13.2 Å². The van der Waals surface area contributed by atoms with Gasteiger partial charge in [-0.1, -0.05) is 0 Å². The normalized spacial score (nSPS) is 25.3. The summed E-state index contributed by atoms with van der Waals surface area (Å²) in [5, 5.41) is 12.7. The number of nitrogens with zero attached hydrogens (tertiary/aromatic N) is 1. The largest absolute Gasteiger partial charge is 0.444 e. The third kappa shape index (κ3) is 5.33. The molecule has 0 spiro atoms. The zero-order chi connectivity index (χ0) is 14.9. The van der Waals surface area contributed by atoms with Crippen molar-refractivity contribution in [2.24, 2.45) is 0 Å². The van der Waals surface area contributed by atoms with Crippen LogP contribution in [0.2, 0.25) is 0 Å². The standard InChI is InChI=1S/C11H22N2O5S/c1-10(2,3)18-9(14)12-7-11(15)5-6-13(8-11)19(4,16)17/h15H,5-8H2,1-4H3,(H,12,14). The molecule has 2 N–H and O–H groups in total. The predicted octanol–water partition coefficient (Wildman–Crippen LogP) is -0.0925. The Bertz CT molecular complexity index is 442. The van der Waals surface area contributed by atoms with Gasteiger partial charge in [0.25, 0.3) is 0 Å². The van der Waals surface area contributed by atoms with E-state index in [1.54, 1.807) is 20.8 Å². The summed E-state index contributed by atoms with van der Waals surface area (Å²) in [5.41, 5.74) is -1.85. The minimum absolute atomic E-state index is 0.0123. The van der Waals surface area contributed by atoms with E-state index >= 15 is 0 Å². The first-order chi connectivity index (χ1) is 8.41. The number of aliphatic hydroxyl groups is 1. The molecule has 8 heteroatoms. The third-order valence-corrected chi connectivity index (χ3v) is 3.98. The highest BCUT2D eigenvalue weighted by Crippen LogP contribution is 2.22. The molecule has 1 rings (SSSR count). The molecule has 1 heterocycles. The third-order valence-electron chi connectivity index (χ3n) is 2.73. The summed E-state index contributed by atoms with van der Waals surface area (Å²) in [5.74, 6) is 0. The highest BCUT2D eigenvalue weighted by atomic mass is 32.2. The molecule has 1 unspecified atom stereocenters. The lowest BCUT2D eigenvalue weighted by atomic mass is 10.0. The van der Waals surface area contributed by atoms with Crippen LogP contribution in [0.4, 0.5) is 4.79 Å². The van der Waals surface area contributed by atoms with E-state index in [0.29, 0.717) is 0 Å². The highest BCUT2D eigenvalue weighted by Gasteiger charge is 2.40. The SMILES string of the molecule is CC(C)(C)OC(=O)NCC1(O)CCN(S(C)(=O)=O)C1. The van der Waals surface area contributed by atoms with E-state index in [-0.39, 0.29) is 26.1 Å². The molecule has 1 atom stereocenters. The maximum Gasteiger partial charge on any atom is 0.407 e. The van der Waals surface area contributed by atoms with Gasteiger partial charge in [0.2, 0.25) is 10.0 Å². The Morgan fingerprint density at radius 1 is 1.47 bits per heavy atom. The maximum absolute atomic E-state index is 11.5. The van der Waals surface area contributed by atoms with Crippen molar-refractivity contribution in [3.05, 3.63) is 0 Å². The van der Waals surface area contributed by atoms with Crippen molar-refractivity contribution in [1.29, 1.82) is 0 Å². The van der Waals surface area contributed by atoms with Gasteiger partial charge in [0.05, 0.1) is 18.4 Å². The summed E-state index contributed by atoms with van der Waals surface area (Å²) in [4.78, 5) is 11.5. The lowest BCUT2D eigenvalue weighted by Gasteiger charge is -2.25. The van der Waals surface area contributed by atoms with Crippen LogP contribution in [0.25, 0.3) is 0 Å². The summed E-state index contributed by atoms with van der Waals surface area (Å²) in [6, 6.07) is 0. The number of carbonyl (C=O) groups excluding carboxylic acids is 1. The predicted molar refractivity (Wildman–Crippen MR) is 70.2 cm³/mol. The van der Waals surface area contributed by atoms with E-state index < -0.39 is 27.3 Å². The highest BCUT2D eigenvalue weighted by molar-refractivity contribution is 7.88. The number of amides is 1. The number of carbonyl (C=O) groups is 1. The molecule has 19 heavy (non-hydrogen) atoms. The molecule has 0 radical (unpaired) electrons. The fourth-order valence-electron chi connectivity index (χ4n) is 1.80. The van der Waals surface area contributed by atoms with E-state index in [9.17, 15) is 18.3 Å². The molecule has 1 fully saturated rings. The van der Waals surface area contributed by atoms with Gasteiger partial charge in [-0.15, -0.1) is 0 Å². The fraction of sp³-hybridized carbons (Fsp3) is 0.909. The topological polar surface area (TPSA) is 95.9 Å². The van der Waals surface area contributed by atoms with Crippen molar-refractivity contribution in [3.8, 4) is 0 Å². The molecule has 0 bridgehead atoms. The number of sulfonamides is 1. The average molecular weight is 294 g/mol. The van der Waals surface area contributed by atoms with Crippen LogP contribution in [0.1, 0.15) is 27.2 Å². The number of ether oxygens (including phenoxy) is 1. The molecule has 7 nitrogen and oxygen atoms in total. The summed E-state index contributed by atoms with van der Waals surface area (Å²) < 4.78 is 28.9. The molecule has 0 saturated carbocycles. The van der Waals surface area contributed by atoms with Crippen molar-refractivity contribution < 1.29 is 23.1 Å². The molecule has 0 aliphatic carbocycles. The molecule has 0 aromatic carbocycles. The maximum atomic E-state index is 11.5. The Morgan fingerprint density at radius 3 is 2.47 bits per heavy atom. The van der Waals surface area contributed by atoms with Crippen molar-refractivity contribution in [2.45, 2.75) is 38.4 Å². The smallest absolute Gasteiger partial charge is 0.407 e. The van der Waals surface area contributed by atoms with Gasteiger partial charge in [-0.3, -0.25) is 0 Å². The number of hydrogen-bond acceptors (Lipinski definition) is 5. The minimum Gasteiger partial charge on any atom is -0.444 e. The number of alkyl carbamates (subject to hydrolysis) is 1. The number of rotatable bonds is 3. The van der Waals surface area contributed by atoms with Crippen LogP contribution < -0.4 is 5.32 Å². The first kappa shape index (κ1) is 16.2. The molecular formula is C11H22N2O5S. The second-order valence-electron chi connectivity index (χ2n) is 5.93. The van der Waals surface area contributed by atoms with Gasteiger partial charge in [0.1, 0.15) is 5.60 Å². The van der Waals surface area contributed by atoms with Crippen molar-refractivity contribution >= 4 is 16.1 Å². The Kier molecular flexibility index (Phi) is 4.48. The zero-order valence-electron chi connectivity index (χ0n) is 11.8. The lowest BCUT2D eigenvalue weighted by Crippen LogP contribution is -2.46. The van der Waals surface area contributed by atoms with Gasteiger partial charge in [0, 0.05) is 13.1 Å². The fourth-order valence-corrected chi connectivity index (χ4v) is 2.70. The second kappa shape index (κ2) is 5.26. The first-order valence-corrected chi connectivity index (χ1v) is 7.91. The number of hydrogen-bond donors (Lipinski definition) is 2. The van der Waals surface area contributed by atoms with Gasteiger partial charge < -0.3 is 15.2 Å². The first-order valence-electron chi connectivity index (χ1n) is 6.06. The number of β-amino-alcohol motifs (C(OH)–C–C–N with tert-alkyl or cyclic N) is 1. The van der Waals surface area contributed by atoms with Crippen LogP contribution in [0.3, 0.4) is 0 Å². The second-order valence-corrected chi connectivity index (χ2v) is 7.91. The van der Waals surface area contributed by atoms with Gasteiger partial charge in [0.15, 0.2) is 0 Å². The van der Waals surface area contributed by atoms with Crippen LogP contribution >= 0.6 is 0 Å². The van der Waals surface area contributed by atoms with E-state index in [2.05, 4.69) is 5.32 Å². The van der Waals surface area contributed by atoms with E-state index in [0.717, 1.165) is 6.26 Å². The summed E-state index contributed by atoms with van der Waals surface area (Å²) in [6.45, 7) is 5.42. The zero-order valence-corrected chi connectivity index (χ0v) is 12.6. The summed E-state index contributed by atoms with van der Waals surface area (Å²) >= 11 is 0. The Labute approximate surface area is 114 Å². The Hall–Kier alpha value is -0.860. The molecular weight excluding hydrogens is 272 g/mol. The molecule has 112 valence electrons. The van der Waals surface area contributed by atoms with Gasteiger partial charge in [-0.2, -0.15) is 4.31 Å². The molecule has 0 aromatic rings. The quantitative estimate of drug-likeness (QED) is 0.758. The van der Waals surface area contributed by atoms with Crippen molar-refractivity contribution in [1.82, 2.24) is 9.62 Å². The van der Waals surface area contributed by atoms with Gasteiger partial charge >= 0.3 is 6.09 Å². The molecule has 1 saturated heterocycles. The summed E-state index contributed by atoms with van der Waals surface area (Å²) in [6.07, 6.45) is 0.759. The van der Waals surface area contributed by atoms with Crippen LogP contribution in [-0.4, -0.2) is 61.0 Å². The van der Waals surface area contributed by atoms with Crippen LogP contribution in [0, 0.1) is 0 Å². The summed E-state index contributed by atoms with van der Waals surface area (Å²) in [7, 11) is -3.31.